The molecular formula is C16H35N. The Bertz CT molecular complexity index is 142. The second-order valence-electron chi connectivity index (χ2n) is 5.99. The van der Waals surface area contributed by atoms with Crippen LogP contribution in [0.4, 0.5) is 0 Å². The van der Waals surface area contributed by atoms with Crippen LogP contribution >= 0.6 is 0 Å². The molecule has 1 unspecified atom stereocenters. The molecule has 0 aromatic heterocycles. The number of hydrogen-bond donors (Lipinski definition) is 1. The van der Waals surface area contributed by atoms with Gasteiger partial charge in [0.2, 0.25) is 0 Å². The van der Waals surface area contributed by atoms with Crippen LogP contribution in [0.1, 0.15) is 91.4 Å². The summed E-state index contributed by atoms with van der Waals surface area (Å²) in [5.41, 5.74) is 6.10. The number of hydrogen-bond acceptors (Lipinski definition) is 1. The van der Waals surface area contributed by atoms with Gasteiger partial charge in [-0.25, -0.2) is 0 Å². The Balaban J connectivity index is 3.11. The first-order chi connectivity index (χ1) is 8.16. The summed E-state index contributed by atoms with van der Waals surface area (Å²) in [6.45, 7) is 6.84. The van der Waals surface area contributed by atoms with Crippen LogP contribution in [0.15, 0.2) is 0 Å². The number of nitrogens with two attached hydrogens (primary N) is 1. The lowest BCUT2D eigenvalue weighted by Crippen LogP contribution is -2.20. The molecule has 0 rings (SSSR count). The second kappa shape index (κ2) is 12.4. The Morgan fingerprint density at radius 1 is 0.706 bits per heavy atom. The first-order valence-corrected chi connectivity index (χ1v) is 7.92. The Morgan fingerprint density at radius 3 is 1.76 bits per heavy atom. The van der Waals surface area contributed by atoms with Gasteiger partial charge in [0.05, 0.1) is 0 Å². The molecular weight excluding hydrogens is 206 g/mol. The van der Waals surface area contributed by atoms with Gasteiger partial charge in [0, 0.05) is 6.04 Å². The van der Waals surface area contributed by atoms with E-state index >= 15 is 0 Å². The van der Waals surface area contributed by atoms with Crippen molar-refractivity contribution in [2.24, 2.45) is 11.7 Å². The Hall–Kier alpha value is -0.0400. The van der Waals surface area contributed by atoms with Crippen LogP contribution in [0, 0.1) is 5.92 Å². The summed E-state index contributed by atoms with van der Waals surface area (Å²) in [6.07, 6.45) is 15.0. The third-order valence-electron chi connectivity index (χ3n) is 3.54. The fourth-order valence-electron chi connectivity index (χ4n) is 2.23. The molecule has 104 valence electrons. The lowest BCUT2D eigenvalue weighted by Gasteiger charge is -2.12. The smallest absolute Gasteiger partial charge is 0.00389 e. The van der Waals surface area contributed by atoms with Crippen molar-refractivity contribution in [3.05, 3.63) is 0 Å². The normalized spacial score (nSPS) is 13.2. The minimum absolute atomic E-state index is 0.456. The highest BCUT2D eigenvalue weighted by atomic mass is 14.6. The van der Waals surface area contributed by atoms with E-state index in [-0.39, 0.29) is 0 Å². The zero-order valence-electron chi connectivity index (χ0n) is 12.5. The summed E-state index contributed by atoms with van der Waals surface area (Å²) in [5, 5.41) is 0. The molecule has 0 aliphatic heterocycles. The van der Waals surface area contributed by atoms with Gasteiger partial charge in [-0.3, -0.25) is 0 Å². The van der Waals surface area contributed by atoms with Crippen molar-refractivity contribution in [3.8, 4) is 0 Å². The van der Waals surface area contributed by atoms with Crippen LogP contribution in [0.2, 0.25) is 0 Å². The molecule has 1 heteroatoms. The summed E-state index contributed by atoms with van der Waals surface area (Å²) in [4.78, 5) is 0. The van der Waals surface area contributed by atoms with E-state index < -0.39 is 0 Å². The Kier molecular flexibility index (Phi) is 12.4. The van der Waals surface area contributed by atoms with Crippen molar-refractivity contribution in [2.45, 2.75) is 97.4 Å². The van der Waals surface area contributed by atoms with Gasteiger partial charge in [-0.2, -0.15) is 0 Å². The van der Waals surface area contributed by atoms with Crippen LogP contribution in [0.25, 0.3) is 0 Å². The zero-order chi connectivity index (χ0) is 12.9. The van der Waals surface area contributed by atoms with E-state index in [1.54, 1.807) is 0 Å². The summed E-state index contributed by atoms with van der Waals surface area (Å²) in [7, 11) is 0. The molecule has 0 aromatic carbocycles. The lowest BCUT2D eigenvalue weighted by atomic mass is 9.99. The van der Waals surface area contributed by atoms with Crippen molar-refractivity contribution in [1.29, 1.82) is 0 Å². The average Bonchev–Trinajstić information content (AvgIpc) is 2.30. The van der Waals surface area contributed by atoms with Gasteiger partial charge in [-0.15, -0.1) is 0 Å². The van der Waals surface area contributed by atoms with Gasteiger partial charge in [0.25, 0.3) is 0 Å². The number of unbranched alkanes of at least 4 members (excludes halogenated alkanes) is 7. The Labute approximate surface area is 110 Å². The van der Waals surface area contributed by atoms with Gasteiger partial charge in [0.15, 0.2) is 0 Å². The topological polar surface area (TPSA) is 26.0 Å². The molecule has 2 N–H and O–H groups in total. The molecule has 1 nitrogen and oxygen atoms in total. The molecule has 0 aliphatic carbocycles. The quantitative estimate of drug-likeness (QED) is 0.462. The van der Waals surface area contributed by atoms with Crippen LogP contribution in [-0.2, 0) is 0 Å². The van der Waals surface area contributed by atoms with Gasteiger partial charge in [0.1, 0.15) is 0 Å². The van der Waals surface area contributed by atoms with E-state index in [1.807, 2.05) is 0 Å². The van der Waals surface area contributed by atoms with Crippen molar-refractivity contribution in [2.75, 3.05) is 0 Å². The minimum atomic E-state index is 0.456. The Morgan fingerprint density at radius 2 is 1.24 bits per heavy atom. The maximum atomic E-state index is 6.10. The average molecular weight is 241 g/mol. The predicted molar refractivity (Wildman–Crippen MR) is 79.3 cm³/mol. The molecule has 0 fully saturated rings. The van der Waals surface area contributed by atoms with E-state index in [0.717, 1.165) is 5.92 Å². The number of rotatable bonds is 12. The first kappa shape index (κ1) is 17.0. The van der Waals surface area contributed by atoms with Crippen LogP contribution in [-0.4, -0.2) is 6.04 Å². The molecule has 0 saturated heterocycles. The highest BCUT2D eigenvalue weighted by Gasteiger charge is 2.03. The van der Waals surface area contributed by atoms with Crippen molar-refractivity contribution in [3.63, 3.8) is 0 Å². The van der Waals surface area contributed by atoms with E-state index in [2.05, 4.69) is 20.8 Å². The van der Waals surface area contributed by atoms with Gasteiger partial charge in [-0.1, -0.05) is 72.1 Å². The molecule has 0 aromatic rings. The zero-order valence-corrected chi connectivity index (χ0v) is 12.5. The van der Waals surface area contributed by atoms with E-state index in [0.29, 0.717) is 6.04 Å². The maximum Gasteiger partial charge on any atom is 0.00389 e. The van der Waals surface area contributed by atoms with Crippen LogP contribution in [0.5, 0.6) is 0 Å². The second-order valence-corrected chi connectivity index (χ2v) is 5.99. The fourth-order valence-corrected chi connectivity index (χ4v) is 2.23. The van der Waals surface area contributed by atoms with Crippen LogP contribution < -0.4 is 5.73 Å². The van der Waals surface area contributed by atoms with Gasteiger partial charge >= 0.3 is 0 Å². The SMILES string of the molecule is CCCCCCCCCCC(N)CCC(C)C. The summed E-state index contributed by atoms with van der Waals surface area (Å²) in [5.74, 6) is 0.805. The van der Waals surface area contributed by atoms with Crippen molar-refractivity contribution < 1.29 is 0 Å². The van der Waals surface area contributed by atoms with Crippen molar-refractivity contribution >= 4 is 0 Å². The molecule has 0 saturated carbocycles. The molecule has 0 radical (unpaired) electrons. The molecule has 0 bridgehead atoms. The highest BCUT2D eigenvalue weighted by molar-refractivity contribution is 4.62. The molecule has 0 heterocycles. The van der Waals surface area contributed by atoms with Crippen molar-refractivity contribution in [1.82, 2.24) is 0 Å². The summed E-state index contributed by atoms with van der Waals surface area (Å²) in [6, 6.07) is 0.456. The van der Waals surface area contributed by atoms with Crippen LogP contribution in [0.3, 0.4) is 0 Å². The van der Waals surface area contributed by atoms with E-state index in [9.17, 15) is 0 Å². The predicted octanol–water partition coefficient (Wildman–Crippen LogP) is 5.28. The third kappa shape index (κ3) is 13.9. The minimum Gasteiger partial charge on any atom is -0.328 e. The summed E-state index contributed by atoms with van der Waals surface area (Å²) >= 11 is 0. The highest BCUT2D eigenvalue weighted by Crippen LogP contribution is 2.13. The van der Waals surface area contributed by atoms with E-state index in [4.69, 9.17) is 5.73 Å². The molecule has 0 amide bonds. The molecule has 0 aliphatic rings. The fraction of sp³-hybridized carbons (Fsp3) is 1.00. The monoisotopic (exact) mass is 241 g/mol. The summed E-state index contributed by atoms with van der Waals surface area (Å²) < 4.78 is 0. The molecule has 0 spiro atoms. The van der Waals surface area contributed by atoms with Gasteiger partial charge in [-0.05, 0) is 25.2 Å². The third-order valence-corrected chi connectivity index (χ3v) is 3.54. The largest absolute Gasteiger partial charge is 0.328 e. The van der Waals surface area contributed by atoms with E-state index in [1.165, 1.54) is 70.6 Å². The molecule has 1 atom stereocenters. The maximum absolute atomic E-state index is 6.10. The van der Waals surface area contributed by atoms with Gasteiger partial charge < -0.3 is 5.73 Å². The molecule has 17 heavy (non-hydrogen) atoms. The standard InChI is InChI=1S/C16H35N/c1-4-5-6-7-8-9-10-11-12-16(17)14-13-15(2)3/h15-16H,4-14,17H2,1-3H3. The lowest BCUT2D eigenvalue weighted by molar-refractivity contribution is 0.458. The first-order valence-electron chi connectivity index (χ1n) is 7.92.